The zero-order chi connectivity index (χ0) is 7.68. The van der Waals surface area contributed by atoms with Crippen LogP contribution in [0, 0.1) is 0 Å². The lowest BCUT2D eigenvalue weighted by Gasteiger charge is -2.17. The van der Waals surface area contributed by atoms with Gasteiger partial charge in [0.2, 0.25) is 0 Å². The molecule has 56 valence electrons. The molecule has 2 rings (SSSR count). The van der Waals surface area contributed by atoms with E-state index in [1.54, 1.807) is 0 Å². The van der Waals surface area contributed by atoms with Crippen molar-refractivity contribution in [2.45, 2.75) is 12.8 Å². The number of hydrogen-bond donors (Lipinski definition) is 0. The zero-order valence-corrected chi connectivity index (χ0v) is 6.76. The first-order chi connectivity index (χ1) is 5.36. The molecule has 0 aliphatic carbocycles. The van der Waals surface area contributed by atoms with Crippen molar-refractivity contribution < 1.29 is 4.74 Å². The highest BCUT2D eigenvalue weighted by Gasteiger charge is 2.08. The van der Waals surface area contributed by atoms with Gasteiger partial charge in [-0.1, -0.05) is 17.6 Å². The van der Waals surface area contributed by atoms with E-state index in [2.05, 4.69) is 26.0 Å². The van der Waals surface area contributed by atoms with Gasteiger partial charge in [0.15, 0.2) is 0 Å². The molecule has 1 aliphatic heterocycles. The lowest BCUT2D eigenvalue weighted by atomic mass is 9.92. The second-order valence-corrected chi connectivity index (χ2v) is 3.06. The number of ether oxygens (including phenoxy) is 1. The molecule has 1 aliphatic rings. The Kier molecular flexibility index (Phi) is 1.61. The molecule has 0 fully saturated rings. The summed E-state index contributed by atoms with van der Waals surface area (Å²) in [5.41, 5.74) is 2.70. The highest BCUT2D eigenvalue weighted by molar-refractivity contribution is 6.32. The highest BCUT2D eigenvalue weighted by atomic mass is 16.5. The van der Waals surface area contributed by atoms with Gasteiger partial charge >= 0.3 is 0 Å². The summed E-state index contributed by atoms with van der Waals surface area (Å²) in [7, 11) is 2.12. The van der Waals surface area contributed by atoms with Crippen molar-refractivity contribution in [3.05, 3.63) is 23.8 Å². The summed E-state index contributed by atoms with van der Waals surface area (Å²) >= 11 is 0. The van der Waals surface area contributed by atoms with Crippen LogP contribution in [0.3, 0.4) is 0 Å². The van der Waals surface area contributed by atoms with E-state index >= 15 is 0 Å². The molecule has 0 N–H and O–H groups in total. The van der Waals surface area contributed by atoms with Crippen LogP contribution in [-0.4, -0.2) is 14.5 Å². The minimum atomic E-state index is 0.885. The Morgan fingerprint density at radius 2 is 2.27 bits per heavy atom. The molecule has 2 heteroatoms. The summed E-state index contributed by atoms with van der Waals surface area (Å²) in [5, 5.41) is 0. The number of rotatable bonds is 0. The molecular weight excluding hydrogens is 135 g/mol. The van der Waals surface area contributed by atoms with Crippen molar-refractivity contribution in [3.8, 4) is 5.75 Å². The maximum Gasteiger partial charge on any atom is 0.139 e. The minimum Gasteiger partial charge on any atom is -0.493 e. The minimum absolute atomic E-state index is 0.885. The summed E-state index contributed by atoms with van der Waals surface area (Å²) in [6.45, 7) is 0.885. The van der Waals surface area contributed by atoms with Crippen molar-refractivity contribution in [1.82, 2.24) is 0 Å². The predicted molar refractivity (Wildman–Crippen MR) is 48.4 cm³/mol. The second kappa shape index (κ2) is 2.61. The third kappa shape index (κ3) is 1.25. The standard InChI is InChI=1S/C9H11BO/c10-8-3-4-9-7(6-8)2-1-5-11-9/h3-4,6H,1-2,5,10H2. The first kappa shape index (κ1) is 6.77. The average molecular weight is 146 g/mol. The Balaban J connectivity index is 2.43. The quantitative estimate of drug-likeness (QED) is 0.477. The van der Waals surface area contributed by atoms with Crippen molar-refractivity contribution >= 4 is 13.3 Å². The molecular formula is C9H11BO. The second-order valence-electron chi connectivity index (χ2n) is 3.06. The van der Waals surface area contributed by atoms with Gasteiger partial charge in [-0.3, -0.25) is 0 Å². The smallest absolute Gasteiger partial charge is 0.139 e. The highest BCUT2D eigenvalue weighted by Crippen LogP contribution is 2.22. The normalized spacial score (nSPS) is 15.3. The first-order valence-corrected chi connectivity index (χ1v) is 4.08. The van der Waals surface area contributed by atoms with E-state index in [0.717, 1.165) is 18.8 Å². The van der Waals surface area contributed by atoms with Crippen LogP contribution in [0.5, 0.6) is 5.75 Å². The molecule has 1 heterocycles. The molecule has 0 amide bonds. The van der Waals surface area contributed by atoms with Crippen LogP contribution in [-0.2, 0) is 6.42 Å². The lowest BCUT2D eigenvalue weighted by Crippen LogP contribution is -2.12. The fraction of sp³-hybridized carbons (Fsp3) is 0.333. The molecule has 0 saturated carbocycles. The van der Waals surface area contributed by atoms with Gasteiger partial charge in [0.1, 0.15) is 13.6 Å². The molecule has 1 aromatic rings. The molecule has 11 heavy (non-hydrogen) atoms. The van der Waals surface area contributed by atoms with Crippen molar-refractivity contribution in [1.29, 1.82) is 0 Å². The van der Waals surface area contributed by atoms with E-state index < -0.39 is 0 Å². The van der Waals surface area contributed by atoms with E-state index in [9.17, 15) is 0 Å². The Hall–Kier alpha value is -0.915. The molecule has 1 aromatic carbocycles. The number of hydrogen-bond acceptors (Lipinski definition) is 1. The predicted octanol–water partition coefficient (Wildman–Crippen LogP) is 0.270. The Labute approximate surface area is 67.8 Å². The largest absolute Gasteiger partial charge is 0.493 e. The van der Waals surface area contributed by atoms with E-state index in [0.29, 0.717) is 0 Å². The van der Waals surface area contributed by atoms with Crippen LogP contribution in [0.1, 0.15) is 12.0 Å². The van der Waals surface area contributed by atoms with Crippen molar-refractivity contribution in [2.24, 2.45) is 0 Å². The van der Waals surface area contributed by atoms with Gasteiger partial charge in [-0.2, -0.15) is 0 Å². The van der Waals surface area contributed by atoms with Gasteiger partial charge < -0.3 is 4.74 Å². The monoisotopic (exact) mass is 146 g/mol. The van der Waals surface area contributed by atoms with E-state index in [4.69, 9.17) is 4.74 Å². The topological polar surface area (TPSA) is 9.23 Å². The van der Waals surface area contributed by atoms with Crippen LogP contribution in [0.15, 0.2) is 18.2 Å². The Morgan fingerprint density at radius 1 is 1.36 bits per heavy atom. The molecule has 0 radical (unpaired) electrons. The number of aryl methyl sites for hydroxylation is 1. The fourth-order valence-electron chi connectivity index (χ4n) is 1.49. The van der Waals surface area contributed by atoms with Crippen LogP contribution in [0.2, 0.25) is 0 Å². The van der Waals surface area contributed by atoms with Crippen LogP contribution >= 0.6 is 0 Å². The van der Waals surface area contributed by atoms with Gasteiger partial charge in [0.05, 0.1) is 6.61 Å². The third-order valence-electron chi connectivity index (χ3n) is 2.06. The van der Waals surface area contributed by atoms with Gasteiger partial charge in [0, 0.05) is 0 Å². The van der Waals surface area contributed by atoms with Gasteiger partial charge in [0.25, 0.3) is 0 Å². The SMILES string of the molecule is Bc1ccc2c(c1)CCCO2. The molecule has 0 unspecified atom stereocenters. The number of fused-ring (bicyclic) bond motifs is 1. The van der Waals surface area contributed by atoms with E-state index in [-0.39, 0.29) is 0 Å². The molecule has 0 atom stereocenters. The molecule has 0 aromatic heterocycles. The maximum atomic E-state index is 5.48. The van der Waals surface area contributed by atoms with Crippen LogP contribution in [0.4, 0.5) is 0 Å². The van der Waals surface area contributed by atoms with Crippen LogP contribution in [0.25, 0.3) is 0 Å². The summed E-state index contributed by atoms with van der Waals surface area (Å²) < 4.78 is 5.48. The lowest BCUT2D eigenvalue weighted by molar-refractivity contribution is 0.288. The molecule has 1 nitrogen and oxygen atoms in total. The summed E-state index contributed by atoms with van der Waals surface area (Å²) in [6, 6.07) is 6.39. The van der Waals surface area contributed by atoms with Gasteiger partial charge in [-0.15, -0.1) is 0 Å². The first-order valence-electron chi connectivity index (χ1n) is 4.08. The third-order valence-corrected chi connectivity index (χ3v) is 2.06. The van der Waals surface area contributed by atoms with E-state index in [1.165, 1.54) is 17.4 Å². The van der Waals surface area contributed by atoms with Gasteiger partial charge in [-0.05, 0) is 24.5 Å². The maximum absolute atomic E-state index is 5.48. The average Bonchev–Trinajstić information content (AvgIpc) is 2.04. The fourth-order valence-corrected chi connectivity index (χ4v) is 1.49. The van der Waals surface area contributed by atoms with Gasteiger partial charge in [-0.25, -0.2) is 0 Å². The molecule has 0 bridgehead atoms. The van der Waals surface area contributed by atoms with Crippen molar-refractivity contribution in [2.75, 3.05) is 6.61 Å². The summed E-state index contributed by atoms with van der Waals surface area (Å²) in [6.07, 6.45) is 2.34. The Morgan fingerprint density at radius 3 is 3.18 bits per heavy atom. The molecule has 0 saturated heterocycles. The zero-order valence-electron chi connectivity index (χ0n) is 6.76. The number of benzene rings is 1. The Bertz CT molecular complexity index is 270. The van der Waals surface area contributed by atoms with Crippen molar-refractivity contribution in [3.63, 3.8) is 0 Å². The summed E-state index contributed by atoms with van der Waals surface area (Å²) in [5.74, 6) is 1.09. The van der Waals surface area contributed by atoms with Crippen LogP contribution < -0.4 is 10.2 Å². The molecule has 0 spiro atoms. The van der Waals surface area contributed by atoms with E-state index in [1.807, 2.05) is 0 Å². The summed E-state index contributed by atoms with van der Waals surface area (Å²) in [4.78, 5) is 0.